The number of nitrogens with zero attached hydrogens (tertiary/aromatic N) is 3. The first-order valence-electron chi connectivity index (χ1n) is 6.36. The van der Waals surface area contributed by atoms with E-state index in [1.54, 1.807) is 13.8 Å². The van der Waals surface area contributed by atoms with Gasteiger partial charge in [0.1, 0.15) is 11.4 Å². The van der Waals surface area contributed by atoms with Crippen LogP contribution in [0.3, 0.4) is 0 Å². The Balaban J connectivity index is 2.81. The molecule has 1 aromatic rings. The van der Waals surface area contributed by atoms with Gasteiger partial charge in [0.15, 0.2) is 0 Å². The minimum absolute atomic E-state index is 0.0581. The molecule has 1 unspecified atom stereocenters. The minimum atomic E-state index is -3.41. The van der Waals surface area contributed by atoms with Gasteiger partial charge in [0.25, 0.3) is 0 Å². The van der Waals surface area contributed by atoms with Gasteiger partial charge in [0.2, 0.25) is 10.0 Å². The van der Waals surface area contributed by atoms with Gasteiger partial charge >= 0.3 is 5.69 Å². The van der Waals surface area contributed by atoms with E-state index < -0.39 is 14.9 Å². The van der Waals surface area contributed by atoms with Crippen molar-refractivity contribution in [1.82, 2.24) is 14.5 Å². The summed E-state index contributed by atoms with van der Waals surface area (Å²) in [6, 6.07) is -0.130. The number of hydrogen-bond donors (Lipinski definition) is 1. The molecule has 1 N–H and O–H groups in total. The van der Waals surface area contributed by atoms with Crippen LogP contribution in [0.1, 0.15) is 31.7 Å². The summed E-state index contributed by atoms with van der Waals surface area (Å²) in [5.41, 5.74) is 0.600. The van der Waals surface area contributed by atoms with Crippen LogP contribution in [0.2, 0.25) is 0 Å². The summed E-state index contributed by atoms with van der Waals surface area (Å²) in [5.74, 6) is -0.156. The third-order valence-corrected chi connectivity index (χ3v) is 4.57. The molecule has 0 saturated heterocycles. The minimum Gasteiger partial charge on any atom is -0.261 e. The zero-order valence-electron chi connectivity index (χ0n) is 12.1. The number of aryl methyl sites for hydroxylation is 2. The summed E-state index contributed by atoms with van der Waals surface area (Å²) in [5, 5.41) is 14.9. The monoisotopic (exact) mass is 304 g/mol. The van der Waals surface area contributed by atoms with Crippen molar-refractivity contribution in [1.29, 1.82) is 0 Å². The zero-order chi connectivity index (χ0) is 15.5. The number of hydrogen-bond acceptors (Lipinski definition) is 5. The average molecular weight is 304 g/mol. The lowest BCUT2D eigenvalue weighted by molar-refractivity contribution is -0.386. The molecule has 0 aliphatic rings. The molecular formula is C11H20N4O4S. The lowest BCUT2D eigenvalue weighted by Crippen LogP contribution is -2.35. The fourth-order valence-electron chi connectivity index (χ4n) is 1.82. The first kappa shape index (κ1) is 16.6. The highest BCUT2D eigenvalue weighted by molar-refractivity contribution is 7.89. The second-order valence-corrected chi connectivity index (χ2v) is 6.62. The van der Waals surface area contributed by atoms with E-state index in [4.69, 9.17) is 0 Å². The van der Waals surface area contributed by atoms with E-state index in [2.05, 4.69) is 9.82 Å². The topological polar surface area (TPSA) is 107 Å². The van der Waals surface area contributed by atoms with Crippen LogP contribution in [0, 0.1) is 24.0 Å². The Hall–Kier alpha value is -1.48. The van der Waals surface area contributed by atoms with E-state index in [-0.39, 0.29) is 24.0 Å². The van der Waals surface area contributed by atoms with Crippen molar-refractivity contribution in [2.45, 2.75) is 46.7 Å². The molecule has 0 saturated carbocycles. The molecule has 8 nitrogen and oxygen atoms in total. The Labute approximate surface area is 118 Å². The second kappa shape index (κ2) is 6.31. The standard InChI is InChI=1S/C11H20N4O4S/c1-5-8(2)13-20(18,19)7-6-14-10(4)11(15(16)17)9(3)12-14/h8,13H,5-7H2,1-4H3. The molecule has 20 heavy (non-hydrogen) atoms. The van der Waals surface area contributed by atoms with Crippen molar-refractivity contribution < 1.29 is 13.3 Å². The largest absolute Gasteiger partial charge is 0.312 e. The van der Waals surface area contributed by atoms with E-state index in [1.165, 1.54) is 11.6 Å². The van der Waals surface area contributed by atoms with Crippen LogP contribution < -0.4 is 4.72 Å². The molecule has 1 aromatic heterocycles. The molecule has 0 aromatic carbocycles. The molecule has 0 amide bonds. The molecule has 0 radical (unpaired) electrons. The molecule has 1 atom stereocenters. The summed E-state index contributed by atoms with van der Waals surface area (Å²) in [4.78, 5) is 10.4. The fourth-order valence-corrected chi connectivity index (χ4v) is 3.14. The van der Waals surface area contributed by atoms with Gasteiger partial charge in [0.05, 0.1) is 17.2 Å². The molecule has 0 fully saturated rings. The van der Waals surface area contributed by atoms with Crippen LogP contribution in [0.15, 0.2) is 0 Å². The van der Waals surface area contributed by atoms with Crippen molar-refractivity contribution in [3.05, 3.63) is 21.5 Å². The smallest absolute Gasteiger partial charge is 0.261 e. The third kappa shape index (κ3) is 4.01. The van der Waals surface area contributed by atoms with Crippen molar-refractivity contribution in [3.8, 4) is 0 Å². The van der Waals surface area contributed by atoms with E-state index in [0.717, 1.165) is 0 Å². The van der Waals surface area contributed by atoms with Crippen molar-refractivity contribution in [2.24, 2.45) is 0 Å². The summed E-state index contributed by atoms with van der Waals surface area (Å²) in [7, 11) is -3.41. The van der Waals surface area contributed by atoms with Crippen molar-refractivity contribution in [2.75, 3.05) is 5.75 Å². The van der Waals surface area contributed by atoms with E-state index in [1.807, 2.05) is 6.92 Å². The Morgan fingerprint density at radius 3 is 2.50 bits per heavy atom. The number of nitrogens with one attached hydrogen (secondary N) is 1. The molecule has 0 bridgehead atoms. The average Bonchev–Trinajstić information content (AvgIpc) is 2.61. The van der Waals surface area contributed by atoms with Gasteiger partial charge < -0.3 is 0 Å². The van der Waals surface area contributed by atoms with Crippen molar-refractivity contribution >= 4 is 15.7 Å². The van der Waals surface area contributed by atoms with Crippen LogP contribution in [-0.4, -0.2) is 34.9 Å². The summed E-state index contributed by atoms with van der Waals surface area (Å²) in [6.45, 7) is 6.86. The number of nitro groups is 1. The van der Waals surface area contributed by atoms with Gasteiger partial charge in [-0.25, -0.2) is 13.1 Å². The molecule has 1 rings (SSSR count). The van der Waals surface area contributed by atoms with E-state index >= 15 is 0 Å². The summed E-state index contributed by atoms with van der Waals surface area (Å²) in [6.07, 6.45) is 0.699. The third-order valence-electron chi connectivity index (χ3n) is 3.09. The highest BCUT2D eigenvalue weighted by Gasteiger charge is 2.22. The molecule has 114 valence electrons. The van der Waals surface area contributed by atoms with Gasteiger partial charge in [-0.05, 0) is 27.2 Å². The van der Waals surface area contributed by atoms with Crippen LogP contribution in [0.5, 0.6) is 0 Å². The Morgan fingerprint density at radius 2 is 2.05 bits per heavy atom. The van der Waals surface area contributed by atoms with E-state index in [9.17, 15) is 18.5 Å². The fraction of sp³-hybridized carbons (Fsp3) is 0.727. The maximum atomic E-state index is 11.8. The van der Waals surface area contributed by atoms with Crippen molar-refractivity contribution in [3.63, 3.8) is 0 Å². The quantitative estimate of drug-likeness (QED) is 0.600. The Bertz CT molecular complexity index is 594. The SMILES string of the molecule is CCC(C)NS(=O)(=O)CCn1nc(C)c([N+](=O)[O-])c1C. The van der Waals surface area contributed by atoms with Gasteiger partial charge in [0, 0.05) is 6.04 Å². The predicted octanol–water partition coefficient (Wildman–Crippen LogP) is 1.13. The summed E-state index contributed by atoms with van der Waals surface area (Å²) >= 11 is 0. The highest BCUT2D eigenvalue weighted by Crippen LogP contribution is 2.21. The van der Waals surface area contributed by atoms with Gasteiger partial charge in [-0.3, -0.25) is 14.8 Å². The van der Waals surface area contributed by atoms with Gasteiger partial charge in [-0.2, -0.15) is 5.10 Å². The Morgan fingerprint density at radius 1 is 1.45 bits per heavy atom. The number of aromatic nitrogens is 2. The Kier molecular flexibility index (Phi) is 5.23. The molecule has 9 heteroatoms. The molecular weight excluding hydrogens is 284 g/mol. The van der Waals surface area contributed by atoms with E-state index in [0.29, 0.717) is 17.8 Å². The zero-order valence-corrected chi connectivity index (χ0v) is 12.9. The number of sulfonamides is 1. The molecule has 0 aliphatic heterocycles. The number of rotatable bonds is 7. The van der Waals surface area contributed by atoms with Crippen LogP contribution >= 0.6 is 0 Å². The first-order valence-corrected chi connectivity index (χ1v) is 8.01. The second-order valence-electron chi connectivity index (χ2n) is 4.75. The molecule has 1 heterocycles. The van der Waals surface area contributed by atoms with Gasteiger partial charge in [-0.1, -0.05) is 6.92 Å². The maximum absolute atomic E-state index is 11.8. The lowest BCUT2D eigenvalue weighted by Gasteiger charge is -2.12. The first-order chi connectivity index (χ1) is 9.18. The molecule has 0 spiro atoms. The summed E-state index contributed by atoms with van der Waals surface area (Å²) < 4.78 is 27.5. The van der Waals surface area contributed by atoms with Crippen LogP contribution in [0.4, 0.5) is 5.69 Å². The van der Waals surface area contributed by atoms with Gasteiger partial charge in [-0.15, -0.1) is 0 Å². The van der Waals surface area contributed by atoms with Crippen LogP contribution in [0.25, 0.3) is 0 Å². The van der Waals surface area contributed by atoms with Crippen LogP contribution in [-0.2, 0) is 16.6 Å². The lowest BCUT2D eigenvalue weighted by atomic mass is 10.3. The predicted molar refractivity (Wildman–Crippen MR) is 75.0 cm³/mol. The highest BCUT2D eigenvalue weighted by atomic mass is 32.2. The maximum Gasteiger partial charge on any atom is 0.312 e. The molecule has 0 aliphatic carbocycles. The normalized spacial score (nSPS) is 13.4.